The zero-order valence-electron chi connectivity index (χ0n) is 12.4. The summed E-state index contributed by atoms with van der Waals surface area (Å²) in [7, 11) is 0. The second kappa shape index (κ2) is 6.91. The number of anilines is 1. The minimum absolute atomic E-state index is 0.391. The van der Waals surface area contributed by atoms with E-state index in [0.717, 1.165) is 24.2 Å². The van der Waals surface area contributed by atoms with Crippen LogP contribution in [0.25, 0.3) is 0 Å². The smallest absolute Gasteiger partial charge is 0.0807 e. The largest absolute Gasteiger partial charge is 0.388 e. The summed E-state index contributed by atoms with van der Waals surface area (Å²) in [6.45, 7) is 7.30. The van der Waals surface area contributed by atoms with Gasteiger partial charge in [0, 0.05) is 22.2 Å². The number of aliphatic hydroxyl groups is 1. The third-order valence-corrected chi connectivity index (χ3v) is 4.38. The molecule has 0 saturated heterocycles. The molecule has 1 N–H and O–H groups in total. The van der Waals surface area contributed by atoms with Crippen LogP contribution in [0.2, 0.25) is 0 Å². The first-order valence-corrected chi connectivity index (χ1v) is 8.07. The Hall–Kier alpha value is -1.32. The van der Waals surface area contributed by atoms with Crippen LogP contribution in [0.4, 0.5) is 5.69 Å². The fourth-order valence-electron chi connectivity index (χ4n) is 2.37. The highest BCUT2D eigenvalue weighted by molar-refractivity contribution is 7.09. The third-order valence-electron chi connectivity index (χ3n) is 3.52. The fraction of sp³-hybridized carbons (Fsp3) is 0.412. The third kappa shape index (κ3) is 3.41. The van der Waals surface area contributed by atoms with Gasteiger partial charge in [-0.1, -0.05) is 31.2 Å². The highest BCUT2D eigenvalue weighted by Crippen LogP contribution is 2.31. The Labute approximate surface area is 125 Å². The summed E-state index contributed by atoms with van der Waals surface area (Å²) in [5.41, 5.74) is 2.17. The van der Waals surface area contributed by atoms with Gasteiger partial charge in [-0.05, 0) is 37.8 Å². The zero-order chi connectivity index (χ0) is 14.5. The summed E-state index contributed by atoms with van der Waals surface area (Å²) in [6.07, 6.45) is 0.345. The number of benzene rings is 1. The number of hydrogen-bond acceptors (Lipinski definition) is 3. The Morgan fingerprint density at radius 1 is 1.15 bits per heavy atom. The van der Waals surface area contributed by atoms with Crippen molar-refractivity contribution in [2.75, 3.05) is 4.90 Å². The highest BCUT2D eigenvalue weighted by atomic mass is 32.1. The van der Waals surface area contributed by atoms with Gasteiger partial charge in [0.15, 0.2) is 0 Å². The van der Waals surface area contributed by atoms with Gasteiger partial charge >= 0.3 is 0 Å². The van der Waals surface area contributed by atoms with Gasteiger partial charge in [0.1, 0.15) is 0 Å². The second-order valence-corrected chi connectivity index (χ2v) is 6.32. The van der Waals surface area contributed by atoms with E-state index in [9.17, 15) is 5.11 Å². The lowest BCUT2D eigenvalue weighted by molar-refractivity contribution is 0.174. The quantitative estimate of drug-likeness (QED) is 0.839. The van der Waals surface area contributed by atoms with Crippen LogP contribution >= 0.6 is 11.3 Å². The van der Waals surface area contributed by atoms with Gasteiger partial charge in [0.05, 0.1) is 12.6 Å². The molecule has 0 spiro atoms. The monoisotopic (exact) mass is 289 g/mol. The molecule has 108 valence electrons. The maximum absolute atomic E-state index is 10.2. The molecule has 2 rings (SSSR count). The van der Waals surface area contributed by atoms with E-state index in [1.807, 2.05) is 25.1 Å². The van der Waals surface area contributed by atoms with Gasteiger partial charge in [-0.25, -0.2) is 0 Å². The van der Waals surface area contributed by atoms with Gasteiger partial charge in [-0.2, -0.15) is 0 Å². The molecule has 0 unspecified atom stereocenters. The summed E-state index contributed by atoms with van der Waals surface area (Å²) >= 11 is 1.78. The molecule has 0 radical (unpaired) electrons. The van der Waals surface area contributed by atoms with Crippen molar-refractivity contribution in [1.29, 1.82) is 0 Å². The Bertz CT molecular complexity index is 522. The number of rotatable bonds is 6. The molecule has 1 heterocycles. The Balaban J connectivity index is 2.34. The molecule has 0 aliphatic rings. The zero-order valence-corrected chi connectivity index (χ0v) is 13.2. The summed E-state index contributed by atoms with van der Waals surface area (Å²) in [4.78, 5) is 3.71. The van der Waals surface area contributed by atoms with E-state index in [0.29, 0.717) is 6.04 Å². The van der Waals surface area contributed by atoms with Crippen LogP contribution in [-0.4, -0.2) is 11.1 Å². The molecule has 20 heavy (non-hydrogen) atoms. The molecule has 1 aromatic heterocycles. The summed E-state index contributed by atoms with van der Waals surface area (Å²) < 4.78 is 0. The van der Waals surface area contributed by atoms with E-state index >= 15 is 0 Å². The molecular weight excluding hydrogens is 266 g/mol. The Morgan fingerprint density at radius 3 is 2.50 bits per heavy atom. The average molecular weight is 289 g/mol. The first-order chi connectivity index (χ1) is 9.63. The van der Waals surface area contributed by atoms with Gasteiger partial charge in [0.25, 0.3) is 0 Å². The Morgan fingerprint density at radius 2 is 1.90 bits per heavy atom. The molecule has 3 heteroatoms. The maximum Gasteiger partial charge on any atom is 0.0807 e. The lowest BCUT2D eigenvalue weighted by Crippen LogP contribution is -2.31. The van der Waals surface area contributed by atoms with Crippen molar-refractivity contribution in [2.24, 2.45) is 0 Å². The summed E-state index contributed by atoms with van der Waals surface area (Å²) in [6, 6.07) is 12.8. The minimum Gasteiger partial charge on any atom is -0.388 e. The van der Waals surface area contributed by atoms with E-state index in [-0.39, 0.29) is 0 Å². The number of hydrogen-bond donors (Lipinski definition) is 1. The molecule has 1 atom stereocenters. The van der Waals surface area contributed by atoms with Crippen molar-refractivity contribution < 1.29 is 5.11 Å². The lowest BCUT2D eigenvalue weighted by atomic mass is 10.0. The van der Waals surface area contributed by atoms with Crippen LogP contribution in [-0.2, 0) is 6.54 Å². The Kier molecular flexibility index (Phi) is 5.21. The van der Waals surface area contributed by atoms with Crippen molar-refractivity contribution in [3.05, 3.63) is 52.2 Å². The normalized spacial score (nSPS) is 12.7. The molecule has 0 fully saturated rings. The molecule has 0 amide bonds. The van der Waals surface area contributed by atoms with E-state index in [1.165, 1.54) is 4.88 Å². The van der Waals surface area contributed by atoms with Crippen LogP contribution in [0.15, 0.2) is 41.8 Å². The summed E-state index contributed by atoms with van der Waals surface area (Å²) in [5, 5.41) is 12.4. The van der Waals surface area contributed by atoms with Gasteiger partial charge in [-0.15, -0.1) is 11.3 Å². The van der Waals surface area contributed by atoms with Crippen LogP contribution in [0.5, 0.6) is 0 Å². The molecule has 0 aliphatic heterocycles. The summed E-state index contributed by atoms with van der Waals surface area (Å²) in [5.74, 6) is 0. The maximum atomic E-state index is 10.2. The highest BCUT2D eigenvalue weighted by Gasteiger charge is 2.18. The predicted molar refractivity (Wildman–Crippen MR) is 87.3 cm³/mol. The van der Waals surface area contributed by atoms with Crippen molar-refractivity contribution in [3.8, 4) is 0 Å². The predicted octanol–water partition coefficient (Wildman–Crippen LogP) is 4.61. The molecule has 2 aromatic rings. The van der Waals surface area contributed by atoms with Crippen LogP contribution in [0.3, 0.4) is 0 Å². The number of aliphatic hydroxyl groups excluding tert-OH is 1. The van der Waals surface area contributed by atoms with Crippen LogP contribution in [0, 0.1) is 0 Å². The first kappa shape index (κ1) is 15.1. The lowest BCUT2D eigenvalue weighted by Gasteiger charge is -2.31. The molecule has 2 nitrogen and oxygen atoms in total. The van der Waals surface area contributed by atoms with Crippen LogP contribution < -0.4 is 4.90 Å². The van der Waals surface area contributed by atoms with E-state index in [1.54, 1.807) is 11.3 Å². The second-order valence-electron chi connectivity index (χ2n) is 5.28. The standard InChI is InChI=1S/C17H23NOS/c1-4-17(19)15-9-5-6-10-16(15)18(13(2)3)12-14-8-7-11-20-14/h5-11,13,17,19H,4,12H2,1-3H3/t17-/m1/s1. The van der Waals surface area contributed by atoms with E-state index < -0.39 is 6.10 Å². The average Bonchev–Trinajstić information content (AvgIpc) is 2.96. The number of nitrogens with zero attached hydrogens (tertiary/aromatic N) is 1. The molecule has 0 aliphatic carbocycles. The van der Waals surface area contributed by atoms with Gasteiger partial charge < -0.3 is 10.0 Å². The number of thiophene rings is 1. The van der Waals surface area contributed by atoms with E-state index in [4.69, 9.17) is 0 Å². The van der Waals surface area contributed by atoms with Crippen LogP contribution in [0.1, 0.15) is 43.7 Å². The van der Waals surface area contributed by atoms with E-state index in [2.05, 4.69) is 42.3 Å². The van der Waals surface area contributed by atoms with Crippen molar-refractivity contribution in [3.63, 3.8) is 0 Å². The van der Waals surface area contributed by atoms with Crippen molar-refractivity contribution in [1.82, 2.24) is 0 Å². The molecule has 0 bridgehead atoms. The van der Waals surface area contributed by atoms with Crippen molar-refractivity contribution >= 4 is 17.0 Å². The fourth-order valence-corrected chi connectivity index (χ4v) is 3.07. The first-order valence-electron chi connectivity index (χ1n) is 7.19. The molecular formula is C17H23NOS. The molecule has 1 aromatic carbocycles. The number of para-hydroxylation sites is 1. The molecule has 0 saturated carbocycles. The SMILES string of the molecule is CC[C@@H](O)c1ccccc1N(Cc1cccs1)C(C)C. The van der Waals surface area contributed by atoms with Crippen molar-refractivity contribution in [2.45, 2.75) is 45.9 Å². The topological polar surface area (TPSA) is 23.5 Å². The van der Waals surface area contributed by atoms with Gasteiger partial charge in [0.2, 0.25) is 0 Å². The van der Waals surface area contributed by atoms with Gasteiger partial charge in [-0.3, -0.25) is 0 Å². The minimum atomic E-state index is -0.393.